The van der Waals surface area contributed by atoms with E-state index in [1.807, 2.05) is 33.0 Å². The van der Waals surface area contributed by atoms with Gasteiger partial charge in [-0.05, 0) is 63.3 Å². The average Bonchev–Trinajstić information content (AvgIpc) is 2.90. The van der Waals surface area contributed by atoms with Crippen LogP contribution in [0, 0.1) is 0 Å². The first-order valence-corrected chi connectivity index (χ1v) is 7.86. The molecule has 1 heterocycles. The molecule has 0 saturated heterocycles. The van der Waals surface area contributed by atoms with Gasteiger partial charge in [0.2, 0.25) is 5.88 Å². The molecule has 21 heavy (non-hydrogen) atoms. The van der Waals surface area contributed by atoms with Gasteiger partial charge in [-0.25, -0.2) is 4.98 Å². The zero-order chi connectivity index (χ0) is 14.9. The molecule has 0 bridgehead atoms. The third-order valence-corrected chi connectivity index (χ3v) is 3.86. The fourth-order valence-electron chi connectivity index (χ4n) is 2.92. The van der Waals surface area contributed by atoms with E-state index in [2.05, 4.69) is 28.5 Å². The van der Waals surface area contributed by atoms with E-state index < -0.39 is 0 Å². The van der Waals surface area contributed by atoms with Crippen LogP contribution in [0.1, 0.15) is 46.5 Å². The van der Waals surface area contributed by atoms with Gasteiger partial charge >= 0.3 is 0 Å². The summed E-state index contributed by atoms with van der Waals surface area (Å²) in [6.07, 6.45) is 7.08. The number of rotatable bonds is 3. The highest BCUT2D eigenvalue weighted by atomic mass is 16.5. The number of aromatic nitrogens is 1. The fraction of sp³-hybridized carbons (Fsp3) is 0.500. The largest absolute Gasteiger partial charge is 0.471 e. The summed E-state index contributed by atoms with van der Waals surface area (Å²) in [6, 6.07) is 9.13. The van der Waals surface area contributed by atoms with Gasteiger partial charge in [-0.2, -0.15) is 0 Å². The van der Waals surface area contributed by atoms with Crippen molar-refractivity contribution >= 4 is 16.5 Å². The Hall–Kier alpha value is -1.77. The van der Waals surface area contributed by atoms with E-state index in [4.69, 9.17) is 4.74 Å². The molecule has 1 fully saturated rings. The third-order valence-electron chi connectivity index (χ3n) is 3.86. The number of anilines is 1. The quantitative estimate of drug-likeness (QED) is 0.881. The monoisotopic (exact) mass is 284 g/mol. The van der Waals surface area contributed by atoms with E-state index in [0.717, 1.165) is 5.39 Å². The molecule has 0 radical (unpaired) electrons. The van der Waals surface area contributed by atoms with Crippen LogP contribution in [0.15, 0.2) is 30.5 Å². The molecule has 0 unspecified atom stereocenters. The molecular formula is C18H24N2O. The molecule has 3 nitrogen and oxygen atoms in total. The van der Waals surface area contributed by atoms with Crippen LogP contribution in [0.25, 0.3) is 10.8 Å². The minimum Gasteiger partial charge on any atom is -0.471 e. The molecule has 3 heteroatoms. The summed E-state index contributed by atoms with van der Waals surface area (Å²) >= 11 is 0. The van der Waals surface area contributed by atoms with Crippen molar-refractivity contribution in [3.05, 3.63) is 30.5 Å². The topological polar surface area (TPSA) is 34.1 Å². The zero-order valence-electron chi connectivity index (χ0n) is 13.1. The van der Waals surface area contributed by atoms with Crippen molar-refractivity contribution in [3.63, 3.8) is 0 Å². The van der Waals surface area contributed by atoms with Crippen molar-refractivity contribution in [3.8, 4) is 5.88 Å². The van der Waals surface area contributed by atoms with E-state index >= 15 is 0 Å². The molecule has 1 aromatic heterocycles. The van der Waals surface area contributed by atoms with Crippen molar-refractivity contribution in [1.29, 1.82) is 0 Å². The molecule has 112 valence electrons. The number of nitrogens with one attached hydrogen (secondary N) is 1. The Kier molecular flexibility index (Phi) is 3.75. The van der Waals surface area contributed by atoms with Crippen LogP contribution in [0.2, 0.25) is 0 Å². The van der Waals surface area contributed by atoms with Gasteiger partial charge in [0.05, 0.1) is 0 Å². The fourth-order valence-corrected chi connectivity index (χ4v) is 2.92. The predicted molar refractivity (Wildman–Crippen MR) is 88.0 cm³/mol. The number of hydrogen-bond donors (Lipinski definition) is 1. The lowest BCUT2D eigenvalue weighted by Crippen LogP contribution is -2.23. The smallest absolute Gasteiger partial charge is 0.221 e. The van der Waals surface area contributed by atoms with E-state index in [0.29, 0.717) is 11.9 Å². The first-order chi connectivity index (χ1) is 10.0. The lowest BCUT2D eigenvalue weighted by atomic mass is 10.1. The number of fused-ring (bicyclic) bond motifs is 1. The summed E-state index contributed by atoms with van der Waals surface area (Å²) in [5.74, 6) is 0.715. The van der Waals surface area contributed by atoms with Gasteiger partial charge < -0.3 is 10.1 Å². The molecule has 2 aromatic rings. The second-order valence-electron chi connectivity index (χ2n) is 6.89. The SMILES string of the molecule is CC(C)(C)Oc1nccc2cc(NC3CCCC3)ccc12. The van der Waals surface area contributed by atoms with E-state index in [-0.39, 0.29) is 5.60 Å². The van der Waals surface area contributed by atoms with Crippen LogP contribution in [-0.4, -0.2) is 16.6 Å². The van der Waals surface area contributed by atoms with Gasteiger partial charge in [0.1, 0.15) is 5.60 Å². The molecule has 1 saturated carbocycles. The lowest BCUT2D eigenvalue weighted by molar-refractivity contribution is 0.126. The summed E-state index contributed by atoms with van der Waals surface area (Å²) in [5.41, 5.74) is 0.963. The molecule has 1 aliphatic rings. The van der Waals surface area contributed by atoms with Crippen LogP contribution in [0.5, 0.6) is 5.88 Å². The predicted octanol–water partition coefficient (Wildman–Crippen LogP) is 4.77. The van der Waals surface area contributed by atoms with Gasteiger partial charge in [-0.15, -0.1) is 0 Å². The molecule has 3 rings (SSSR count). The minimum atomic E-state index is -0.234. The number of nitrogens with zero attached hydrogens (tertiary/aromatic N) is 1. The standard InChI is InChI=1S/C18H24N2O/c1-18(2,3)21-17-16-9-8-15(12-13(16)10-11-19-17)20-14-6-4-5-7-14/h8-12,14,20H,4-7H2,1-3H3. The van der Waals surface area contributed by atoms with Crippen molar-refractivity contribution in [2.75, 3.05) is 5.32 Å². The van der Waals surface area contributed by atoms with E-state index in [1.165, 1.54) is 36.8 Å². The normalized spacial score (nSPS) is 16.3. The van der Waals surface area contributed by atoms with Gasteiger partial charge in [0.25, 0.3) is 0 Å². The van der Waals surface area contributed by atoms with Crippen LogP contribution in [-0.2, 0) is 0 Å². The maximum absolute atomic E-state index is 5.96. The van der Waals surface area contributed by atoms with Gasteiger partial charge in [-0.3, -0.25) is 0 Å². The Labute approximate surface area is 126 Å². The summed E-state index contributed by atoms with van der Waals surface area (Å²) in [7, 11) is 0. The molecule has 1 aliphatic carbocycles. The van der Waals surface area contributed by atoms with Crippen LogP contribution >= 0.6 is 0 Å². The first-order valence-electron chi connectivity index (χ1n) is 7.86. The maximum atomic E-state index is 5.96. The number of hydrogen-bond acceptors (Lipinski definition) is 3. The highest BCUT2D eigenvalue weighted by Crippen LogP contribution is 2.29. The van der Waals surface area contributed by atoms with Gasteiger partial charge in [-0.1, -0.05) is 12.8 Å². The Bertz CT molecular complexity index is 625. The second kappa shape index (κ2) is 5.55. The zero-order valence-corrected chi connectivity index (χ0v) is 13.1. The Morgan fingerprint density at radius 3 is 2.62 bits per heavy atom. The molecule has 0 amide bonds. The Balaban J connectivity index is 1.88. The van der Waals surface area contributed by atoms with E-state index in [9.17, 15) is 0 Å². The molecule has 0 atom stereocenters. The summed E-state index contributed by atoms with van der Waals surface area (Å²) < 4.78 is 5.96. The average molecular weight is 284 g/mol. The molecule has 1 N–H and O–H groups in total. The first kappa shape index (κ1) is 14.2. The minimum absolute atomic E-state index is 0.234. The van der Waals surface area contributed by atoms with Crippen molar-refractivity contribution < 1.29 is 4.74 Å². The van der Waals surface area contributed by atoms with Crippen LogP contribution in [0.3, 0.4) is 0 Å². The Morgan fingerprint density at radius 1 is 1.14 bits per heavy atom. The second-order valence-corrected chi connectivity index (χ2v) is 6.89. The van der Waals surface area contributed by atoms with Gasteiger partial charge in [0, 0.05) is 23.3 Å². The maximum Gasteiger partial charge on any atom is 0.221 e. The lowest BCUT2D eigenvalue weighted by Gasteiger charge is -2.21. The van der Waals surface area contributed by atoms with E-state index in [1.54, 1.807) is 0 Å². The van der Waals surface area contributed by atoms with Crippen molar-refractivity contribution in [1.82, 2.24) is 4.98 Å². The van der Waals surface area contributed by atoms with Crippen molar-refractivity contribution in [2.45, 2.75) is 58.1 Å². The highest BCUT2D eigenvalue weighted by molar-refractivity contribution is 5.89. The number of benzene rings is 1. The Morgan fingerprint density at radius 2 is 1.90 bits per heavy atom. The molecule has 0 aliphatic heterocycles. The number of pyridine rings is 1. The summed E-state index contributed by atoms with van der Waals surface area (Å²) in [6.45, 7) is 6.14. The van der Waals surface area contributed by atoms with Crippen LogP contribution < -0.4 is 10.1 Å². The molecule has 0 spiro atoms. The highest BCUT2D eigenvalue weighted by Gasteiger charge is 2.16. The van der Waals surface area contributed by atoms with Crippen molar-refractivity contribution in [2.24, 2.45) is 0 Å². The molecular weight excluding hydrogens is 260 g/mol. The third kappa shape index (κ3) is 3.46. The van der Waals surface area contributed by atoms with Crippen LogP contribution in [0.4, 0.5) is 5.69 Å². The number of ether oxygens (including phenoxy) is 1. The molecule has 1 aromatic carbocycles. The summed E-state index contributed by atoms with van der Waals surface area (Å²) in [4.78, 5) is 4.38. The van der Waals surface area contributed by atoms with Gasteiger partial charge in [0.15, 0.2) is 0 Å². The summed E-state index contributed by atoms with van der Waals surface area (Å²) in [5, 5.41) is 5.89.